The molecule has 0 bridgehead atoms. The second-order valence-electron chi connectivity index (χ2n) is 36.4. The second-order valence-corrected chi connectivity index (χ2v) is 40.9. The van der Waals surface area contributed by atoms with Crippen molar-refractivity contribution in [2.75, 3.05) is 0 Å². The van der Waals surface area contributed by atoms with Gasteiger partial charge in [0.25, 0.3) is 0 Å². The number of pyridine rings is 4. The lowest BCUT2D eigenvalue weighted by atomic mass is 9.75. The fourth-order valence-electron chi connectivity index (χ4n) is 21.4. The molecule has 11 heteroatoms. The summed E-state index contributed by atoms with van der Waals surface area (Å²) >= 11 is 7.39. The zero-order valence-electron chi connectivity index (χ0n) is 77.2. The summed E-state index contributed by atoms with van der Waals surface area (Å²) in [5, 5.41) is 55.3. The number of rotatable bonds is 10. The van der Waals surface area contributed by atoms with Crippen molar-refractivity contribution < 1.29 is 14.6 Å². The van der Waals surface area contributed by atoms with Crippen LogP contribution < -0.4 is 21.4 Å². The summed E-state index contributed by atoms with van der Waals surface area (Å²) in [4.78, 5) is 20.7. The molecule has 0 amide bonds. The third kappa shape index (κ3) is 16.0. The summed E-state index contributed by atoms with van der Waals surface area (Å²) in [5.41, 5.74) is 17.3. The number of fused-ring (bicyclic) bond motifs is 24. The molecule has 28 rings (SSSR count). The molecule has 0 spiro atoms. The Morgan fingerprint density at radius 3 is 0.783 bits per heavy atom. The van der Waals surface area contributed by atoms with E-state index in [0.717, 1.165) is 146 Å². The van der Waals surface area contributed by atoms with Gasteiger partial charge >= 0.3 is 7.12 Å². The van der Waals surface area contributed by atoms with Crippen LogP contribution in [0.2, 0.25) is 0 Å². The third-order valence-corrected chi connectivity index (χ3v) is 32.4. The SMILES string of the molecule is Brc1cc2c(-c3ccc4ccccc4c3)nc3ccccc3c2c2ccccc12.Brc1ccc(-c2cc3c(-c4ccc5ccccc5c4)nc4ccccc4c3c3ccccc23)cc1.O=P(c1ccccc1)(c1ccccc1)c1ccc(-c2cc3c(-c4ccc5ccccc5c4)nc4ccccc4c3c3ccccc23)cc1.OB(O)c1cc2c(-c3ccc4ccccc4c3)nc3ccccc3c2c2ccccc12. The van der Waals surface area contributed by atoms with Crippen LogP contribution in [0.4, 0.5) is 0 Å². The van der Waals surface area contributed by atoms with Gasteiger partial charge in [0, 0.05) is 112 Å². The van der Waals surface area contributed by atoms with Gasteiger partial charge in [-0.05, 0) is 193 Å². The van der Waals surface area contributed by atoms with Crippen LogP contribution in [0.25, 0.3) is 240 Å². The number of halogens is 2. The van der Waals surface area contributed by atoms with E-state index >= 15 is 4.57 Å². The Labute approximate surface area is 841 Å². The minimum atomic E-state index is -3.08. The maximum atomic E-state index is 15.1. The summed E-state index contributed by atoms with van der Waals surface area (Å²) in [6.07, 6.45) is 0. The molecule has 0 saturated heterocycles. The van der Waals surface area contributed by atoms with Crippen LogP contribution in [0.1, 0.15) is 0 Å². The lowest BCUT2D eigenvalue weighted by Crippen LogP contribution is -2.30. The monoisotopic (exact) mass is 1970 g/mol. The van der Waals surface area contributed by atoms with Crippen molar-refractivity contribution in [1.82, 2.24) is 19.9 Å². The van der Waals surface area contributed by atoms with Gasteiger partial charge in [-0.15, -0.1) is 0 Å². The summed E-state index contributed by atoms with van der Waals surface area (Å²) in [7, 11) is -4.65. The Bertz CT molecular complexity index is 10000. The third-order valence-electron chi connectivity index (χ3n) is 28.1. The van der Waals surface area contributed by atoms with E-state index in [1.165, 1.54) is 119 Å². The van der Waals surface area contributed by atoms with Gasteiger partial charge in [0.1, 0.15) is 0 Å². The molecule has 4 aromatic heterocycles. The number of hydrogen-bond acceptors (Lipinski definition) is 7. The standard InChI is InChI=1S/C45H30NOP.C33H20BrN.C27H18BNO2.C27H16BrN/c47-48(35-15-3-1-4-16-35,36-17-5-2-6-18-36)37-27-25-32(26-28-37)41-30-42-44(39-20-10-9-19-38(39)41)40-21-11-12-22-43(40)46-45(42)34-24-23-31-13-7-8-14-33(31)29-34;34-25-17-15-22(16-18-25)29-20-30-32(27-10-4-3-9-26(27)29)28-11-5-6-12-31(28)35-33(30)24-14-13-21-7-1-2-8-23(21)19-24;30-28(31)24-16-23-26(21-10-4-3-9-20(21)24)22-11-5-6-12-25(22)29-27(23)19-14-13-17-7-1-2-8-18(17)15-19;28-24-16-23-26(21-10-4-3-9-20(21)24)22-11-5-6-12-25(22)29-27(23)19-14-13-17-7-1-2-8-18(17)15-19/h1-30H;1-20H;1-16,30-31H;1-16H. The molecular weight excluding hydrogens is 1890 g/mol. The lowest BCUT2D eigenvalue weighted by Gasteiger charge is -2.20. The van der Waals surface area contributed by atoms with Crippen LogP contribution in [0.5, 0.6) is 0 Å². The fourth-order valence-corrected chi connectivity index (χ4v) is 24.9. The first-order chi connectivity index (χ1) is 70.4. The van der Waals surface area contributed by atoms with Crippen LogP contribution in [-0.4, -0.2) is 37.1 Å². The Hall–Kier alpha value is -16.8. The Morgan fingerprint density at radius 1 is 0.196 bits per heavy atom. The molecule has 0 aliphatic carbocycles. The van der Waals surface area contributed by atoms with E-state index in [0.29, 0.717) is 5.46 Å². The number of hydrogen-bond donors (Lipinski definition) is 2. The number of benzene rings is 24. The highest BCUT2D eigenvalue weighted by Gasteiger charge is 2.31. The van der Waals surface area contributed by atoms with Gasteiger partial charge in [0.2, 0.25) is 0 Å². The molecule has 4 heterocycles. The highest BCUT2D eigenvalue weighted by atomic mass is 79.9. The van der Waals surface area contributed by atoms with Crippen LogP contribution >= 0.6 is 39.0 Å². The molecule has 0 saturated carbocycles. The van der Waals surface area contributed by atoms with Crippen molar-refractivity contribution in [1.29, 1.82) is 0 Å². The quantitative estimate of drug-likeness (QED) is 0.0797. The minimum absolute atomic E-state index is 0.488. The average molecular weight is 1980 g/mol. The molecule has 0 unspecified atom stereocenters. The van der Waals surface area contributed by atoms with Crippen LogP contribution in [0, 0.1) is 0 Å². The zero-order valence-corrected chi connectivity index (χ0v) is 81.3. The van der Waals surface area contributed by atoms with Crippen molar-refractivity contribution in [3.63, 3.8) is 0 Å². The molecule has 0 radical (unpaired) electrons. The first-order valence-corrected chi connectivity index (χ1v) is 51.3. The highest BCUT2D eigenvalue weighted by molar-refractivity contribution is 9.11. The van der Waals surface area contributed by atoms with Gasteiger partial charge in [-0.25, -0.2) is 19.9 Å². The van der Waals surface area contributed by atoms with Crippen LogP contribution in [0.15, 0.2) is 506 Å². The van der Waals surface area contributed by atoms with Crippen molar-refractivity contribution in [3.05, 3.63) is 506 Å². The number of nitrogens with zero attached hydrogens (tertiary/aromatic N) is 4. The lowest BCUT2D eigenvalue weighted by molar-refractivity contribution is 0.426. The Balaban J connectivity index is 0.000000102. The van der Waals surface area contributed by atoms with E-state index in [2.05, 4.69) is 408 Å². The van der Waals surface area contributed by atoms with Crippen molar-refractivity contribution in [3.8, 4) is 67.3 Å². The summed E-state index contributed by atoms with van der Waals surface area (Å²) in [6, 6.07) is 173. The van der Waals surface area contributed by atoms with E-state index in [1.54, 1.807) is 0 Å². The van der Waals surface area contributed by atoms with Gasteiger partial charge in [-0.1, -0.05) is 450 Å². The number of aromatic nitrogens is 4. The normalized spacial score (nSPS) is 11.7. The molecule has 2 N–H and O–H groups in total. The van der Waals surface area contributed by atoms with Gasteiger partial charge in [-0.3, -0.25) is 0 Å². The van der Waals surface area contributed by atoms with Crippen molar-refractivity contribution in [2.24, 2.45) is 0 Å². The van der Waals surface area contributed by atoms with E-state index < -0.39 is 14.3 Å². The topological polar surface area (TPSA) is 109 Å². The van der Waals surface area contributed by atoms with E-state index in [-0.39, 0.29) is 0 Å². The Morgan fingerprint density at radius 2 is 0.441 bits per heavy atom. The maximum absolute atomic E-state index is 15.1. The predicted octanol–water partition coefficient (Wildman–Crippen LogP) is 33.6. The molecule has 0 aliphatic heterocycles. The van der Waals surface area contributed by atoms with E-state index in [1.807, 2.05) is 121 Å². The predicted molar refractivity (Wildman–Crippen MR) is 614 cm³/mol. The molecule has 24 aromatic carbocycles. The molecule has 143 heavy (non-hydrogen) atoms. The zero-order chi connectivity index (χ0) is 95.8. The van der Waals surface area contributed by atoms with Crippen LogP contribution in [0.3, 0.4) is 0 Å². The molecule has 7 nitrogen and oxygen atoms in total. The van der Waals surface area contributed by atoms with Crippen molar-refractivity contribution >= 4 is 240 Å². The van der Waals surface area contributed by atoms with Gasteiger partial charge in [0.05, 0.1) is 44.8 Å². The molecular formula is C132H84BBr2N4O3P. The number of para-hydroxylation sites is 4. The molecule has 0 fully saturated rings. The smallest absolute Gasteiger partial charge is 0.423 e. The largest absolute Gasteiger partial charge is 0.489 e. The molecule has 672 valence electrons. The van der Waals surface area contributed by atoms with Gasteiger partial charge in [0.15, 0.2) is 7.14 Å². The average Bonchev–Trinajstić information content (AvgIpc) is 0.824. The molecule has 0 aliphatic rings. The summed E-state index contributed by atoms with van der Waals surface area (Å²) in [6.45, 7) is 0. The van der Waals surface area contributed by atoms with Gasteiger partial charge in [-0.2, -0.15) is 0 Å². The first-order valence-electron chi connectivity index (χ1n) is 48.0. The van der Waals surface area contributed by atoms with E-state index in [9.17, 15) is 10.0 Å². The fraction of sp³-hybridized carbons (Fsp3) is 0. The van der Waals surface area contributed by atoms with Gasteiger partial charge < -0.3 is 14.6 Å². The Kier molecular flexibility index (Phi) is 22.7. The second kappa shape index (κ2) is 37.1. The van der Waals surface area contributed by atoms with Crippen LogP contribution in [-0.2, 0) is 4.57 Å². The van der Waals surface area contributed by atoms with Crippen molar-refractivity contribution in [2.45, 2.75) is 0 Å². The summed E-state index contributed by atoms with van der Waals surface area (Å²) in [5.74, 6) is 0. The highest BCUT2D eigenvalue weighted by Crippen LogP contribution is 2.49. The molecule has 0 atom stereocenters. The molecule has 28 aromatic rings. The first kappa shape index (κ1) is 87.7. The maximum Gasteiger partial charge on any atom is 0.489 e. The van der Waals surface area contributed by atoms with E-state index in [4.69, 9.17) is 19.9 Å². The minimum Gasteiger partial charge on any atom is -0.423 e. The summed E-state index contributed by atoms with van der Waals surface area (Å²) < 4.78 is 17.2.